The Morgan fingerprint density at radius 2 is 0.862 bits per heavy atom. The molecule has 1 heterocycles. The van der Waals surface area contributed by atoms with E-state index < -0.39 is 0 Å². The third-order valence-electron chi connectivity index (χ3n) is 6.10. The van der Waals surface area contributed by atoms with Gasteiger partial charge in [0.05, 0.1) is 5.16 Å². The lowest BCUT2D eigenvalue weighted by molar-refractivity contribution is 0.481. The van der Waals surface area contributed by atoms with Crippen molar-refractivity contribution < 1.29 is 0 Å². The molecule has 4 aromatic carbocycles. The average molecular weight is 410 g/mol. The molecule has 0 bridgehead atoms. The monoisotopic (exact) mass is 410 g/mol. The normalized spacial score (nSPS) is 21.7. The van der Waals surface area contributed by atoms with E-state index in [4.69, 9.17) is 0 Å². The van der Waals surface area contributed by atoms with Gasteiger partial charge in [-0.2, -0.15) is 0 Å². The van der Waals surface area contributed by atoms with E-state index in [9.17, 15) is 0 Å². The van der Waals surface area contributed by atoms with E-state index in [1.807, 2.05) is 0 Å². The smallest absolute Gasteiger partial charge is 0.0549 e. The zero-order chi connectivity index (χ0) is 19.6. The van der Waals surface area contributed by atoms with Crippen molar-refractivity contribution in [3.8, 4) is 0 Å². The molecule has 0 spiro atoms. The van der Waals surface area contributed by atoms with Gasteiger partial charge in [0.2, 0.25) is 0 Å². The summed E-state index contributed by atoms with van der Waals surface area (Å²) < 4.78 is 0. The minimum absolute atomic E-state index is 0.0190. The first-order chi connectivity index (χ1) is 14.4. The van der Waals surface area contributed by atoms with Crippen molar-refractivity contribution in [3.63, 3.8) is 0 Å². The molecule has 0 aliphatic carbocycles. The molecule has 1 aliphatic rings. The van der Waals surface area contributed by atoms with Crippen molar-refractivity contribution in [1.82, 2.24) is 0 Å². The molecule has 5 rings (SSSR count). The molecular formula is C27H24P2. The highest BCUT2D eigenvalue weighted by Gasteiger charge is 2.61. The van der Waals surface area contributed by atoms with Gasteiger partial charge in [0, 0.05) is 5.16 Å². The van der Waals surface area contributed by atoms with Crippen LogP contribution >= 0.6 is 16.5 Å². The summed E-state index contributed by atoms with van der Waals surface area (Å²) in [7, 11) is 1.81. The summed E-state index contributed by atoms with van der Waals surface area (Å²) in [5.41, 5.74) is 5.78. The van der Waals surface area contributed by atoms with Gasteiger partial charge in [-0.25, -0.2) is 0 Å². The maximum absolute atomic E-state index is 2.35. The zero-order valence-corrected chi connectivity index (χ0v) is 18.3. The Balaban J connectivity index is 1.77. The third-order valence-corrected chi connectivity index (χ3v) is 11.9. The molecule has 142 valence electrons. The van der Waals surface area contributed by atoms with Crippen LogP contribution in [0.1, 0.15) is 22.3 Å². The highest BCUT2D eigenvalue weighted by molar-refractivity contribution is 8.16. The Morgan fingerprint density at radius 3 is 1.28 bits per heavy atom. The molecule has 2 heteroatoms. The minimum Gasteiger partial charge on any atom is -0.0850 e. The first kappa shape index (κ1) is 18.7. The molecule has 1 fully saturated rings. The molecule has 3 atom stereocenters. The molecule has 0 nitrogen and oxygen atoms in total. The van der Waals surface area contributed by atoms with E-state index in [-0.39, 0.29) is 10.3 Å². The third kappa shape index (κ3) is 3.07. The Kier molecular flexibility index (Phi) is 5.09. The first-order valence-electron chi connectivity index (χ1n) is 10.1. The van der Waals surface area contributed by atoms with Gasteiger partial charge < -0.3 is 0 Å². The van der Waals surface area contributed by atoms with Crippen LogP contribution in [0.3, 0.4) is 0 Å². The van der Waals surface area contributed by atoms with Gasteiger partial charge in [0.15, 0.2) is 0 Å². The van der Waals surface area contributed by atoms with Crippen LogP contribution in [0.25, 0.3) is 0 Å². The van der Waals surface area contributed by atoms with E-state index in [1.165, 1.54) is 22.3 Å². The fourth-order valence-corrected chi connectivity index (χ4v) is 10.7. The summed E-state index contributed by atoms with van der Waals surface area (Å²) in [4.78, 5) is 0. The van der Waals surface area contributed by atoms with Gasteiger partial charge in [0.25, 0.3) is 0 Å². The summed E-state index contributed by atoms with van der Waals surface area (Å²) in [6, 6.07) is 44.7. The van der Waals surface area contributed by atoms with Gasteiger partial charge >= 0.3 is 0 Å². The van der Waals surface area contributed by atoms with Gasteiger partial charge in [-0.1, -0.05) is 138 Å². The van der Waals surface area contributed by atoms with Crippen molar-refractivity contribution in [3.05, 3.63) is 144 Å². The van der Waals surface area contributed by atoms with Gasteiger partial charge in [-0.3, -0.25) is 0 Å². The number of hydrogen-bond acceptors (Lipinski definition) is 0. The van der Waals surface area contributed by atoms with Crippen molar-refractivity contribution in [2.24, 2.45) is 0 Å². The van der Waals surface area contributed by atoms with E-state index in [2.05, 4.69) is 121 Å². The van der Waals surface area contributed by atoms with Crippen LogP contribution in [0.2, 0.25) is 0 Å². The Hall–Kier alpha value is -2.26. The van der Waals surface area contributed by atoms with Crippen LogP contribution < -0.4 is 0 Å². The lowest BCUT2D eigenvalue weighted by Crippen LogP contribution is -2.50. The Morgan fingerprint density at radius 1 is 0.448 bits per heavy atom. The molecule has 0 aromatic heterocycles. The molecule has 0 saturated carbocycles. The topological polar surface area (TPSA) is 0 Å². The Bertz CT molecular complexity index is 1020. The summed E-state index contributed by atoms with van der Waals surface area (Å²) in [6.07, 6.45) is 1.06. The van der Waals surface area contributed by atoms with E-state index in [1.54, 1.807) is 0 Å². The lowest BCUT2D eigenvalue weighted by Gasteiger charge is -2.61. The number of benzene rings is 4. The first-order valence-corrected chi connectivity index (χ1v) is 13.1. The SMILES string of the molecule is c1ccc(CC2(c3ccccc3)PPC2(c2ccccc2)c2ccccc2)cc1. The summed E-state index contributed by atoms with van der Waals surface area (Å²) in [6.45, 7) is 0. The molecular weight excluding hydrogens is 386 g/mol. The molecule has 29 heavy (non-hydrogen) atoms. The summed E-state index contributed by atoms with van der Waals surface area (Å²) >= 11 is 0. The van der Waals surface area contributed by atoms with E-state index in [0.717, 1.165) is 23.0 Å². The van der Waals surface area contributed by atoms with Crippen molar-refractivity contribution in [2.45, 2.75) is 16.7 Å². The second kappa shape index (κ2) is 7.87. The van der Waals surface area contributed by atoms with Crippen LogP contribution in [0.4, 0.5) is 0 Å². The van der Waals surface area contributed by atoms with Gasteiger partial charge in [-0.15, -0.1) is 0 Å². The fraction of sp³-hybridized carbons (Fsp3) is 0.111. The number of hydrogen-bond donors (Lipinski definition) is 0. The van der Waals surface area contributed by atoms with Crippen LogP contribution in [0, 0.1) is 0 Å². The summed E-state index contributed by atoms with van der Waals surface area (Å²) in [5.74, 6) is 0. The van der Waals surface area contributed by atoms with Crippen molar-refractivity contribution >= 4 is 16.5 Å². The second-order valence-corrected chi connectivity index (χ2v) is 11.3. The van der Waals surface area contributed by atoms with Crippen LogP contribution in [-0.4, -0.2) is 0 Å². The molecule has 1 aliphatic heterocycles. The highest BCUT2D eigenvalue weighted by atomic mass is 32.0. The van der Waals surface area contributed by atoms with Crippen molar-refractivity contribution in [1.29, 1.82) is 0 Å². The maximum atomic E-state index is 2.35. The van der Waals surface area contributed by atoms with Crippen LogP contribution in [0.5, 0.6) is 0 Å². The maximum Gasteiger partial charge on any atom is 0.0549 e. The minimum atomic E-state index is 0.0190. The highest BCUT2D eigenvalue weighted by Crippen LogP contribution is 2.84. The predicted octanol–water partition coefficient (Wildman–Crippen LogP) is 7.35. The average Bonchev–Trinajstić information content (AvgIpc) is 2.80. The van der Waals surface area contributed by atoms with Gasteiger partial charge in [-0.05, 0) is 28.7 Å². The number of rotatable bonds is 5. The predicted molar refractivity (Wildman–Crippen MR) is 129 cm³/mol. The summed E-state index contributed by atoms with van der Waals surface area (Å²) in [5, 5.41) is 0.0991. The lowest BCUT2D eigenvalue weighted by atomic mass is 9.72. The van der Waals surface area contributed by atoms with E-state index in [0.29, 0.717) is 0 Å². The quantitative estimate of drug-likeness (QED) is 0.302. The van der Waals surface area contributed by atoms with Crippen LogP contribution in [0.15, 0.2) is 121 Å². The zero-order valence-electron chi connectivity index (χ0n) is 16.3. The largest absolute Gasteiger partial charge is 0.0850 e. The molecule has 0 N–H and O–H groups in total. The molecule has 3 unspecified atom stereocenters. The molecule has 0 amide bonds. The molecule has 0 radical (unpaired) electrons. The Labute approximate surface area is 176 Å². The molecule has 1 saturated heterocycles. The standard InChI is InChI=1S/C27H24P2/c1-5-13-22(14-6-1)21-26(23-15-7-2-8-16-23)27(29-28-26,24-17-9-3-10-18-24)25-19-11-4-12-20-25/h1-20,28-29H,21H2. The van der Waals surface area contributed by atoms with E-state index >= 15 is 0 Å². The van der Waals surface area contributed by atoms with Gasteiger partial charge in [0.1, 0.15) is 0 Å². The fourth-order valence-electron chi connectivity index (χ4n) is 4.71. The van der Waals surface area contributed by atoms with Crippen LogP contribution in [-0.2, 0) is 16.7 Å². The second-order valence-electron chi connectivity index (χ2n) is 7.67. The molecule has 4 aromatic rings. The van der Waals surface area contributed by atoms with Crippen molar-refractivity contribution in [2.75, 3.05) is 0 Å².